The van der Waals surface area contributed by atoms with Crippen LogP contribution in [0.4, 0.5) is 5.95 Å². The van der Waals surface area contributed by atoms with Crippen LogP contribution < -0.4 is 4.90 Å². The molecule has 5 heterocycles. The Bertz CT molecular complexity index is 1310. The highest BCUT2D eigenvalue weighted by Gasteiger charge is 2.34. The van der Waals surface area contributed by atoms with Crippen LogP contribution in [-0.4, -0.2) is 48.5 Å². The normalized spacial score (nSPS) is 14.9. The zero-order valence-electron chi connectivity index (χ0n) is 14.4. The van der Waals surface area contributed by atoms with E-state index in [-0.39, 0.29) is 0 Å². The average molecular weight is 374 g/mol. The van der Waals surface area contributed by atoms with E-state index in [1.54, 1.807) is 0 Å². The molecule has 0 atom stereocenters. The Morgan fingerprint density at radius 3 is 2.89 bits per heavy atom. The molecule has 0 saturated carbocycles. The molecule has 27 heavy (non-hydrogen) atoms. The molecule has 0 aliphatic carbocycles. The highest BCUT2D eigenvalue weighted by molar-refractivity contribution is 7.71. The van der Waals surface area contributed by atoms with Crippen LogP contribution in [0, 0.1) is 11.7 Å². The first-order chi connectivity index (χ1) is 13.2. The van der Waals surface area contributed by atoms with Gasteiger partial charge in [0, 0.05) is 11.9 Å². The Kier molecular flexibility index (Phi) is 2.80. The molecule has 0 spiro atoms. The standard InChI is InChI=1S/C18H14N8S/c1-10-12-9-13-14-19-7-8-24(14)17-21-22-18(27)25(17)15(13)20-16(12)26(23-10)11-5-3-2-4-6-11/h2-6,9H,7-8H2,1H3,(H,22,27). The molecule has 132 valence electrons. The van der Waals surface area contributed by atoms with Crippen molar-refractivity contribution in [3.8, 4) is 11.5 Å². The van der Waals surface area contributed by atoms with Crippen molar-refractivity contribution in [1.29, 1.82) is 0 Å². The number of nitrogens with zero attached hydrogens (tertiary/aromatic N) is 7. The van der Waals surface area contributed by atoms with Crippen LogP contribution in [0.2, 0.25) is 0 Å². The summed E-state index contributed by atoms with van der Waals surface area (Å²) in [5.41, 5.74) is 3.64. The lowest BCUT2D eigenvalue weighted by Crippen LogP contribution is -2.35. The summed E-state index contributed by atoms with van der Waals surface area (Å²) >= 11 is 5.48. The number of aromatic amines is 1. The van der Waals surface area contributed by atoms with Crippen LogP contribution in [0.1, 0.15) is 11.3 Å². The molecule has 9 heteroatoms. The van der Waals surface area contributed by atoms with Crippen molar-refractivity contribution in [3.05, 3.63) is 52.4 Å². The Morgan fingerprint density at radius 2 is 2.04 bits per heavy atom. The van der Waals surface area contributed by atoms with Crippen molar-refractivity contribution in [2.24, 2.45) is 4.99 Å². The maximum Gasteiger partial charge on any atom is 0.237 e. The van der Waals surface area contributed by atoms with Gasteiger partial charge in [0.25, 0.3) is 0 Å². The maximum atomic E-state index is 5.48. The lowest BCUT2D eigenvalue weighted by atomic mass is 10.1. The number of nitrogens with one attached hydrogen (secondary N) is 1. The van der Waals surface area contributed by atoms with Gasteiger partial charge in [-0.1, -0.05) is 18.2 Å². The maximum absolute atomic E-state index is 5.48. The Balaban J connectivity index is 1.72. The third-order valence-electron chi connectivity index (χ3n) is 5.01. The van der Waals surface area contributed by atoms with Gasteiger partial charge in [-0.05, 0) is 37.3 Å². The largest absolute Gasteiger partial charge is 0.293 e. The predicted octanol–water partition coefficient (Wildman–Crippen LogP) is 2.55. The van der Waals surface area contributed by atoms with Crippen molar-refractivity contribution in [2.45, 2.75) is 6.92 Å². The number of aliphatic imine (C=N–C) groups is 1. The second kappa shape index (κ2) is 5.10. The molecule has 0 bridgehead atoms. The number of hydrogen-bond acceptors (Lipinski definition) is 6. The summed E-state index contributed by atoms with van der Waals surface area (Å²) in [5, 5.41) is 13.0. The van der Waals surface area contributed by atoms with E-state index >= 15 is 0 Å². The van der Waals surface area contributed by atoms with E-state index in [0.29, 0.717) is 4.77 Å². The van der Waals surface area contributed by atoms with E-state index in [2.05, 4.69) is 26.2 Å². The van der Waals surface area contributed by atoms with E-state index in [1.807, 2.05) is 46.5 Å². The SMILES string of the molecule is Cc1nn(-c2ccccc2)c2nc3c(cc12)C1=NCCN1c1n[nH]c(=S)n1-3. The van der Waals surface area contributed by atoms with Gasteiger partial charge in [-0.3, -0.25) is 9.89 Å². The molecule has 3 aromatic heterocycles. The van der Waals surface area contributed by atoms with E-state index in [9.17, 15) is 0 Å². The van der Waals surface area contributed by atoms with Gasteiger partial charge < -0.3 is 0 Å². The van der Waals surface area contributed by atoms with Gasteiger partial charge in [-0.15, -0.1) is 5.10 Å². The minimum atomic E-state index is 0.520. The van der Waals surface area contributed by atoms with E-state index in [4.69, 9.17) is 22.3 Å². The molecule has 6 rings (SSSR count). The number of benzene rings is 1. The molecule has 0 amide bonds. The molecule has 0 unspecified atom stereocenters. The molecule has 0 radical (unpaired) electrons. The number of fused-ring (bicyclic) bond motifs is 7. The molecule has 2 aliphatic heterocycles. The Hall–Kier alpha value is -3.33. The molecule has 4 aromatic rings. The first-order valence-electron chi connectivity index (χ1n) is 8.68. The van der Waals surface area contributed by atoms with Crippen molar-refractivity contribution < 1.29 is 0 Å². The summed E-state index contributed by atoms with van der Waals surface area (Å²) in [6.07, 6.45) is 0. The number of pyridine rings is 1. The number of hydrogen-bond donors (Lipinski definition) is 1. The van der Waals surface area contributed by atoms with Crippen LogP contribution in [0.5, 0.6) is 0 Å². The number of para-hydroxylation sites is 1. The van der Waals surface area contributed by atoms with Crippen LogP contribution in [0.3, 0.4) is 0 Å². The third-order valence-corrected chi connectivity index (χ3v) is 5.29. The number of amidine groups is 1. The average Bonchev–Trinajstić information content (AvgIpc) is 3.39. The van der Waals surface area contributed by atoms with E-state index in [1.165, 1.54) is 0 Å². The predicted molar refractivity (Wildman–Crippen MR) is 105 cm³/mol. The van der Waals surface area contributed by atoms with Crippen molar-refractivity contribution in [2.75, 3.05) is 18.0 Å². The first-order valence-corrected chi connectivity index (χ1v) is 9.09. The molecule has 2 aliphatic rings. The van der Waals surface area contributed by atoms with Gasteiger partial charge >= 0.3 is 0 Å². The summed E-state index contributed by atoms with van der Waals surface area (Å²) in [5.74, 6) is 2.37. The zero-order chi connectivity index (χ0) is 18.1. The smallest absolute Gasteiger partial charge is 0.237 e. The third kappa shape index (κ3) is 1.89. The summed E-state index contributed by atoms with van der Waals surface area (Å²) < 4.78 is 4.27. The fourth-order valence-electron chi connectivity index (χ4n) is 3.79. The molecule has 1 aromatic carbocycles. The van der Waals surface area contributed by atoms with Crippen molar-refractivity contribution in [1.82, 2.24) is 29.5 Å². The second-order valence-electron chi connectivity index (χ2n) is 6.58. The minimum absolute atomic E-state index is 0.520. The molecule has 1 N–H and O–H groups in total. The molecule has 0 fully saturated rings. The molecular weight excluding hydrogens is 360 g/mol. The van der Waals surface area contributed by atoms with Gasteiger partial charge in [-0.25, -0.2) is 19.3 Å². The zero-order valence-corrected chi connectivity index (χ0v) is 15.2. The highest BCUT2D eigenvalue weighted by atomic mass is 32.1. The lowest BCUT2D eigenvalue weighted by Gasteiger charge is -2.26. The number of rotatable bonds is 1. The minimum Gasteiger partial charge on any atom is -0.293 e. The van der Waals surface area contributed by atoms with Gasteiger partial charge in [0.1, 0.15) is 5.84 Å². The fourth-order valence-corrected chi connectivity index (χ4v) is 4.00. The van der Waals surface area contributed by atoms with Gasteiger partial charge in [0.05, 0.1) is 23.5 Å². The second-order valence-corrected chi connectivity index (χ2v) is 6.97. The summed E-state index contributed by atoms with van der Waals surface area (Å²) in [7, 11) is 0. The fraction of sp³-hybridized carbons (Fsp3) is 0.167. The lowest BCUT2D eigenvalue weighted by molar-refractivity contribution is 0.863. The molecule has 8 nitrogen and oxygen atoms in total. The van der Waals surface area contributed by atoms with Crippen LogP contribution in [-0.2, 0) is 0 Å². The van der Waals surface area contributed by atoms with Crippen molar-refractivity contribution >= 4 is 35.0 Å². The van der Waals surface area contributed by atoms with Crippen LogP contribution >= 0.6 is 12.2 Å². The number of anilines is 1. The van der Waals surface area contributed by atoms with Gasteiger partial charge in [-0.2, -0.15) is 5.10 Å². The van der Waals surface area contributed by atoms with Gasteiger partial charge in [0.15, 0.2) is 11.5 Å². The molecule has 0 saturated heterocycles. The van der Waals surface area contributed by atoms with E-state index < -0.39 is 0 Å². The van der Waals surface area contributed by atoms with Crippen LogP contribution in [0.15, 0.2) is 41.4 Å². The summed E-state index contributed by atoms with van der Waals surface area (Å²) in [4.78, 5) is 11.7. The van der Waals surface area contributed by atoms with Crippen LogP contribution in [0.25, 0.3) is 22.5 Å². The quantitative estimate of drug-likeness (QED) is 0.518. The monoisotopic (exact) mass is 374 g/mol. The van der Waals surface area contributed by atoms with Crippen molar-refractivity contribution in [3.63, 3.8) is 0 Å². The summed E-state index contributed by atoms with van der Waals surface area (Å²) in [6.45, 7) is 3.52. The molecular formula is C18H14N8S. The van der Waals surface area contributed by atoms with Gasteiger partial charge in [0.2, 0.25) is 10.7 Å². The summed E-state index contributed by atoms with van der Waals surface area (Å²) in [6, 6.07) is 12.1. The Morgan fingerprint density at radius 1 is 1.19 bits per heavy atom. The number of aromatic nitrogens is 6. The number of H-pyrrole nitrogens is 1. The Labute approximate surface area is 158 Å². The highest BCUT2D eigenvalue weighted by Crippen LogP contribution is 2.33. The number of aryl methyl sites for hydroxylation is 1. The topological polar surface area (TPSA) is 79.9 Å². The van der Waals surface area contributed by atoms with E-state index in [0.717, 1.165) is 58.7 Å². The first kappa shape index (κ1) is 14.8.